The van der Waals surface area contributed by atoms with Crippen molar-refractivity contribution in [3.05, 3.63) is 0 Å². The summed E-state index contributed by atoms with van der Waals surface area (Å²) in [7, 11) is 0. The van der Waals surface area contributed by atoms with Gasteiger partial charge in [0.1, 0.15) is 0 Å². The summed E-state index contributed by atoms with van der Waals surface area (Å²) in [6.07, 6.45) is 1.54. The number of hydrogen-bond donors (Lipinski definition) is 1. The highest BCUT2D eigenvalue weighted by atomic mass is 16.6. The van der Waals surface area contributed by atoms with Gasteiger partial charge in [0.25, 0.3) is 0 Å². The van der Waals surface area contributed by atoms with E-state index in [0.717, 1.165) is 13.0 Å². The van der Waals surface area contributed by atoms with E-state index in [1.165, 1.54) is 0 Å². The number of carbonyl (C=O) groups excluding carboxylic acids is 1. The van der Waals surface area contributed by atoms with Crippen molar-refractivity contribution in [3.8, 4) is 0 Å². The molecule has 0 heterocycles. The maximum Gasteiger partial charge on any atom is 0.219 e. The molecule has 6 heteroatoms. The number of ether oxygens (including phenoxy) is 4. The molecular formula is C16H35NO5. The van der Waals surface area contributed by atoms with Gasteiger partial charge < -0.3 is 24.3 Å². The standard InChI is InChI=1S/C14H29NO5.C2H6/c1-3-6-17-8-10-19-12-13-20-11-9-18-7-5-15-14(16)4-2;1-2/h3-13H2,1-2H3,(H,15,16);1-2H3. The largest absolute Gasteiger partial charge is 0.379 e. The van der Waals surface area contributed by atoms with E-state index >= 15 is 0 Å². The lowest BCUT2D eigenvalue weighted by atomic mass is 10.4. The summed E-state index contributed by atoms with van der Waals surface area (Å²) in [5.41, 5.74) is 0. The van der Waals surface area contributed by atoms with E-state index in [2.05, 4.69) is 12.2 Å². The second-order valence-electron chi connectivity index (χ2n) is 4.15. The minimum atomic E-state index is 0.0462. The molecule has 0 spiro atoms. The lowest BCUT2D eigenvalue weighted by molar-refractivity contribution is -0.121. The molecule has 0 aliphatic carbocycles. The van der Waals surface area contributed by atoms with Crippen LogP contribution in [-0.4, -0.2) is 65.3 Å². The molecule has 0 bridgehead atoms. The Labute approximate surface area is 135 Å². The van der Waals surface area contributed by atoms with Crippen molar-refractivity contribution < 1.29 is 23.7 Å². The summed E-state index contributed by atoms with van der Waals surface area (Å²) in [4.78, 5) is 10.9. The number of hydrogen-bond acceptors (Lipinski definition) is 5. The van der Waals surface area contributed by atoms with E-state index < -0.39 is 0 Å². The molecule has 1 N–H and O–H groups in total. The predicted octanol–water partition coefficient (Wildman–Crippen LogP) is 2.02. The van der Waals surface area contributed by atoms with Gasteiger partial charge in [-0.3, -0.25) is 4.79 Å². The second-order valence-corrected chi connectivity index (χ2v) is 4.15. The van der Waals surface area contributed by atoms with Crippen molar-refractivity contribution in [1.29, 1.82) is 0 Å². The topological polar surface area (TPSA) is 66.0 Å². The first-order valence-corrected chi connectivity index (χ1v) is 8.38. The molecule has 0 fully saturated rings. The summed E-state index contributed by atoms with van der Waals surface area (Å²) in [5.74, 6) is 0.0462. The lowest BCUT2D eigenvalue weighted by Crippen LogP contribution is -2.26. The molecule has 0 saturated carbocycles. The summed E-state index contributed by atoms with van der Waals surface area (Å²) in [5, 5.41) is 2.74. The summed E-state index contributed by atoms with van der Waals surface area (Å²) in [6, 6.07) is 0. The molecule has 0 aromatic heterocycles. The Balaban J connectivity index is 0. The SMILES string of the molecule is CC.CCCOCCOCCOCCOCCNC(=O)CC. The lowest BCUT2D eigenvalue weighted by Gasteiger charge is -2.07. The maximum atomic E-state index is 10.9. The van der Waals surface area contributed by atoms with Crippen LogP contribution in [0.25, 0.3) is 0 Å². The van der Waals surface area contributed by atoms with E-state index in [-0.39, 0.29) is 5.91 Å². The molecule has 0 aromatic rings. The zero-order chi connectivity index (χ0) is 16.9. The van der Waals surface area contributed by atoms with Gasteiger partial charge in [0.2, 0.25) is 5.91 Å². The molecule has 0 rings (SSSR count). The van der Waals surface area contributed by atoms with Gasteiger partial charge in [-0.15, -0.1) is 0 Å². The van der Waals surface area contributed by atoms with Gasteiger partial charge in [0.05, 0.1) is 46.2 Å². The Bertz CT molecular complexity index is 215. The molecule has 0 aromatic carbocycles. The van der Waals surface area contributed by atoms with Gasteiger partial charge >= 0.3 is 0 Å². The summed E-state index contributed by atoms with van der Waals surface area (Å²) >= 11 is 0. The van der Waals surface area contributed by atoms with Gasteiger partial charge in [0.15, 0.2) is 0 Å². The molecule has 0 atom stereocenters. The molecular weight excluding hydrogens is 286 g/mol. The second kappa shape index (κ2) is 22.6. The third-order valence-electron chi connectivity index (χ3n) is 2.35. The monoisotopic (exact) mass is 321 g/mol. The highest BCUT2D eigenvalue weighted by molar-refractivity contribution is 5.75. The third-order valence-corrected chi connectivity index (χ3v) is 2.35. The van der Waals surface area contributed by atoms with Crippen LogP contribution in [0.4, 0.5) is 0 Å². The van der Waals surface area contributed by atoms with Gasteiger partial charge in [-0.2, -0.15) is 0 Å². The number of nitrogens with one attached hydrogen (secondary N) is 1. The highest BCUT2D eigenvalue weighted by Crippen LogP contribution is 1.84. The molecule has 0 saturated heterocycles. The van der Waals surface area contributed by atoms with Crippen molar-refractivity contribution in [3.63, 3.8) is 0 Å². The van der Waals surface area contributed by atoms with E-state index in [0.29, 0.717) is 59.2 Å². The minimum Gasteiger partial charge on any atom is -0.379 e. The summed E-state index contributed by atoms with van der Waals surface area (Å²) < 4.78 is 21.2. The van der Waals surface area contributed by atoms with Crippen LogP contribution in [0.5, 0.6) is 0 Å². The molecule has 22 heavy (non-hydrogen) atoms. The van der Waals surface area contributed by atoms with Crippen LogP contribution in [0.3, 0.4) is 0 Å². The molecule has 1 amide bonds. The smallest absolute Gasteiger partial charge is 0.219 e. The number of amides is 1. The van der Waals surface area contributed by atoms with Crippen molar-refractivity contribution in [2.75, 3.05) is 59.4 Å². The first-order valence-electron chi connectivity index (χ1n) is 8.38. The maximum absolute atomic E-state index is 10.9. The van der Waals surface area contributed by atoms with Crippen LogP contribution in [0.1, 0.15) is 40.5 Å². The third kappa shape index (κ3) is 21.6. The Morgan fingerprint density at radius 1 is 0.727 bits per heavy atom. The van der Waals surface area contributed by atoms with E-state index in [4.69, 9.17) is 18.9 Å². The molecule has 0 unspecified atom stereocenters. The summed E-state index contributed by atoms with van der Waals surface area (Å²) in [6.45, 7) is 13.2. The average molecular weight is 321 g/mol. The van der Waals surface area contributed by atoms with E-state index in [1.807, 2.05) is 20.8 Å². The Kier molecular flexibility index (Phi) is 24.2. The normalized spacial score (nSPS) is 10.0. The molecule has 134 valence electrons. The van der Waals surface area contributed by atoms with Crippen LogP contribution >= 0.6 is 0 Å². The van der Waals surface area contributed by atoms with Crippen LogP contribution < -0.4 is 5.32 Å². The van der Waals surface area contributed by atoms with Gasteiger partial charge in [-0.05, 0) is 6.42 Å². The Morgan fingerprint density at radius 3 is 1.55 bits per heavy atom. The van der Waals surface area contributed by atoms with Crippen molar-refractivity contribution >= 4 is 5.91 Å². The fourth-order valence-corrected chi connectivity index (χ4v) is 1.29. The zero-order valence-corrected chi connectivity index (χ0v) is 14.8. The fraction of sp³-hybridized carbons (Fsp3) is 0.938. The Morgan fingerprint density at radius 2 is 1.14 bits per heavy atom. The van der Waals surface area contributed by atoms with E-state index in [9.17, 15) is 4.79 Å². The van der Waals surface area contributed by atoms with Gasteiger partial charge in [-0.1, -0.05) is 27.7 Å². The minimum absolute atomic E-state index is 0.0462. The van der Waals surface area contributed by atoms with Gasteiger partial charge in [0, 0.05) is 19.6 Å². The molecule has 0 radical (unpaired) electrons. The van der Waals surface area contributed by atoms with E-state index in [1.54, 1.807) is 0 Å². The van der Waals surface area contributed by atoms with Crippen LogP contribution in [0, 0.1) is 0 Å². The number of rotatable bonds is 15. The number of carbonyl (C=O) groups is 1. The predicted molar refractivity (Wildman–Crippen MR) is 88.2 cm³/mol. The molecule has 0 aliphatic rings. The average Bonchev–Trinajstić information content (AvgIpc) is 2.56. The first kappa shape index (κ1) is 23.6. The molecule has 0 aliphatic heterocycles. The quantitative estimate of drug-likeness (QED) is 0.467. The van der Waals surface area contributed by atoms with Crippen molar-refractivity contribution in [1.82, 2.24) is 5.32 Å². The van der Waals surface area contributed by atoms with Crippen LogP contribution in [0.2, 0.25) is 0 Å². The van der Waals surface area contributed by atoms with Crippen molar-refractivity contribution in [2.24, 2.45) is 0 Å². The van der Waals surface area contributed by atoms with Crippen LogP contribution in [0.15, 0.2) is 0 Å². The zero-order valence-electron chi connectivity index (χ0n) is 14.8. The molecule has 6 nitrogen and oxygen atoms in total. The fourth-order valence-electron chi connectivity index (χ4n) is 1.29. The Hall–Kier alpha value is -0.690. The van der Waals surface area contributed by atoms with Crippen LogP contribution in [-0.2, 0) is 23.7 Å². The first-order chi connectivity index (χ1) is 10.8. The highest BCUT2D eigenvalue weighted by Gasteiger charge is 1.95. The van der Waals surface area contributed by atoms with Gasteiger partial charge in [-0.25, -0.2) is 0 Å². The van der Waals surface area contributed by atoms with Crippen molar-refractivity contribution in [2.45, 2.75) is 40.5 Å².